The van der Waals surface area contributed by atoms with Crippen molar-refractivity contribution in [3.63, 3.8) is 0 Å². The van der Waals surface area contributed by atoms with Crippen molar-refractivity contribution in [2.45, 2.75) is 122 Å². The molecule has 186 valence electrons. The van der Waals surface area contributed by atoms with Crippen molar-refractivity contribution < 1.29 is 29.4 Å². The summed E-state index contributed by atoms with van der Waals surface area (Å²) in [5, 5.41) is 25.7. The van der Waals surface area contributed by atoms with Crippen LogP contribution in [0, 0.1) is 0 Å². The number of aliphatic hydroxyl groups excluding tert-OH is 1. The Hall–Kier alpha value is -1.14. The zero-order valence-corrected chi connectivity index (χ0v) is 20.9. The number of quaternary nitrogens is 1. The molecule has 0 spiro atoms. The van der Waals surface area contributed by atoms with Gasteiger partial charge in [0.15, 0.2) is 0 Å². The Morgan fingerprint density at radius 2 is 1.03 bits per heavy atom. The number of unbranched alkanes of at least 4 members (excludes halogenated alkanes) is 15. The van der Waals surface area contributed by atoms with E-state index in [-0.39, 0.29) is 0 Å². The lowest BCUT2D eigenvalue weighted by atomic mass is 10.0. The molecule has 0 aliphatic carbocycles. The van der Waals surface area contributed by atoms with E-state index in [4.69, 9.17) is 10.2 Å². The molecule has 0 bridgehead atoms. The van der Waals surface area contributed by atoms with Crippen LogP contribution in [0.4, 0.5) is 0 Å². The Labute approximate surface area is 191 Å². The Morgan fingerprint density at radius 1 is 0.710 bits per heavy atom. The summed E-state index contributed by atoms with van der Waals surface area (Å²) in [5.74, 6) is -3.14. The maximum absolute atomic E-state index is 9.66. The van der Waals surface area contributed by atoms with Gasteiger partial charge in [-0.25, -0.2) is 0 Å². The minimum Gasteiger partial charge on any atom is -0.547 e. The van der Waals surface area contributed by atoms with E-state index in [1.165, 1.54) is 109 Å². The Bertz CT molecular complexity index is 421. The normalized spacial score (nSPS) is 12.2. The number of hydrogen-bond acceptors (Lipinski definition) is 4. The zero-order valence-electron chi connectivity index (χ0n) is 20.9. The van der Waals surface area contributed by atoms with Crippen LogP contribution in [0.1, 0.15) is 116 Å². The first-order valence-electron chi connectivity index (χ1n) is 12.5. The van der Waals surface area contributed by atoms with Crippen LogP contribution >= 0.6 is 0 Å². The third-order valence-electron chi connectivity index (χ3n) is 5.32. The van der Waals surface area contributed by atoms with Crippen LogP contribution in [0.2, 0.25) is 0 Å². The highest BCUT2D eigenvalue weighted by atomic mass is 16.4. The highest BCUT2D eigenvalue weighted by Gasteiger charge is 2.08. The average molecular weight is 446 g/mol. The number of carboxylic acid groups (broad SMARTS) is 2. The van der Waals surface area contributed by atoms with E-state index in [9.17, 15) is 14.7 Å². The Kier molecular flexibility index (Phi) is 22.8. The molecule has 1 unspecified atom stereocenters. The molecule has 0 saturated heterocycles. The molecule has 31 heavy (non-hydrogen) atoms. The lowest BCUT2D eigenvalue weighted by Gasteiger charge is -2.23. The molecular formula is C25H51NO5. The Morgan fingerprint density at radius 3 is 1.26 bits per heavy atom. The van der Waals surface area contributed by atoms with Gasteiger partial charge < -0.3 is 24.6 Å². The lowest BCUT2D eigenvalue weighted by Crippen LogP contribution is -2.36. The maximum Gasteiger partial charge on any atom is 0.306 e. The number of carboxylic acids is 2. The van der Waals surface area contributed by atoms with Crippen LogP contribution < -0.4 is 5.11 Å². The monoisotopic (exact) mass is 445 g/mol. The molecular weight excluding hydrogens is 394 g/mol. The van der Waals surface area contributed by atoms with Gasteiger partial charge in [-0.15, -0.1) is 0 Å². The number of carbonyl (C=O) groups is 2. The molecule has 0 amide bonds. The fraction of sp³-hybridized carbons (Fsp3) is 0.920. The average Bonchev–Trinajstić information content (AvgIpc) is 2.66. The summed E-state index contributed by atoms with van der Waals surface area (Å²) in [6.07, 6.45) is 20.6. The van der Waals surface area contributed by atoms with Gasteiger partial charge in [0, 0.05) is 0 Å². The lowest BCUT2D eigenvalue weighted by molar-refractivity contribution is -0.870. The van der Waals surface area contributed by atoms with Gasteiger partial charge in [-0.1, -0.05) is 96.8 Å². The van der Waals surface area contributed by atoms with Gasteiger partial charge in [0.2, 0.25) is 0 Å². The van der Waals surface area contributed by atoms with Crippen molar-refractivity contribution in [1.29, 1.82) is 0 Å². The number of nitrogens with zero attached hydrogens (tertiary/aromatic N) is 1. The molecule has 0 aliphatic rings. The van der Waals surface area contributed by atoms with Gasteiger partial charge in [0.25, 0.3) is 0 Å². The van der Waals surface area contributed by atoms with E-state index in [2.05, 4.69) is 28.1 Å². The van der Waals surface area contributed by atoms with Crippen LogP contribution in [-0.2, 0) is 9.59 Å². The predicted molar refractivity (Wildman–Crippen MR) is 126 cm³/mol. The van der Waals surface area contributed by atoms with Crippen LogP contribution in [0.25, 0.3) is 0 Å². The quantitative estimate of drug-likeness (QED) is 0.212. The van der Waals surface area contributed by atoms with Crippen LogP contribution in [0.3, 0.4) is 0 Å². The maximum atomic E-state index is 9.66. The first-order chi connectivity index (χ1) is 14.6. The van der Waals surface area contributed by atoms with Crippen LogP contribution in [0.5, 0.6) is 0 Å². The number of carbonyl (C=O) groups excluding carboxylic acids is 1. The minimum absolute atomic E-state index is 0.817. The third kappa shape index (κ3) is 31.1. The first kappa shape index (κ1) is 32.0. The molecule has 0 aliphatic heterocycles. The molecule has 0 fully saturated rings. The molecule has 0 rings (SSSR count). The minimum atomic E-state index is -1.90. The fourth-order valence-electron chi connectivity index (χ4n) is 3.38. The highest BCUT2D eigenvalue weighted by Crippen LogP contribution is 2.13. The predicted octanol–water partition coefficient (Wildman–Crippen LogP) is 4.53. The fourth-order valence-corrected chi connectivity index (χ4v) is 3.38. The molecule has 0 radical (unpaired) electrons. The smallest absolute Gasteiger partial charge is 0.306 e. The van der Waals surface area contributed by atoms with Gasteiger partial charge in [0.05, 0.1) is 40.1 Å². The highest BCUT2D eigenvalue weighted by molar-refractivity contribution is 5.77. The molecule has 6 nitrogen and oxygen atoms in total. The van der Waals surface area contributed by atoms with Crippen molar-refractivity contribution in [3.8, 4) is 0 Å². The second-order valence-electron chi connectivity index (χ2n) is 9.75. The van der Waals surface area contributed by atoms with Crippen molar-refractivity contribution in [2.24, 2.45) is 0 Å². The SMILES string of the molecule is CCCCCCCCCCCCCCCCCC[N+](C)(C)C.O=C(O)CC(O)C(=O)[O-]. The van der Waals surface area contributed by atoms with Crippen molar-refractivity contribution in [1.82, 2.24) is 0 Å². The van der Waals surface area contributed by atoms with Crippen molar-refractivity contribution >= 4 is 11.9 Å². The van der Waals surface area contributed by atoms with E-state index < -0.39 is 24.5 Å². The van der Waals surface area contributed by atoms with E-state index in [0.717, 1.165) is 4.48 Å². The van der Waals surface area contributed by atoms with Gasteiger partial charge in [-0.2, -0.15) is 0 Å². The summed E-state index contributed by atoms with van der Waals surface area (Å²) >= 11 is 0. The molecule has 0 aromatic rings. The summed E-state index contributed by atoms with van der Waals surface area (Å²) in [7, 11) is 6.89. The molecule has 6 heteroatoms. The van der Waals surface area contributed by atoms with Crippen LogP contribution in [0.15, 0.2) is 0 Å². The second kappa shape index (κ2) is 22.1. The number of aliphatic carboxylic acids is 2. The van der Waals surface area contributed by atoms with E-state index in [1.807, 2.05) is 0 Å². The molecule has 0 aromatic heterocycles. The van der Waals surface area contributed by atoms with E-state index in [0.29, 0.717) is 0 Å². The zero-order chi connectivity index (χ0) is 24.0. The van der Waals surface area contributed by atoms with Gasteiger partial charge in [-0.3, -0.25) is 4.79 Å². The van der Waals surface area contributed by atoms with Crippen LogP contribution in [-0.4, -0.2) is 60.4 Å². The summed E-state index contributed by atoms with van der Waals surface area (Å²) < 4.78 is 1.12. The standard InChI is InChI=1S/C21H46N.C4H6O5/c1-5-6-7-8-9-10-11-12-13-14-15-16-17-18-19-20-21-22(2,3)4;5-2(4(8)9)1-3(6)7/h5-21H2,1-4H3;2,5H,1H2,(H,6,7)(H,8,9)/q+1;/p-1. The summed E-state index contributed by atoms with van der Waals surface area (Å²) in [4.78, 5) is 19.3. The van der Waals surface area contributed by atoms with E-state index in [1.54, 1.807) is 0 Å². The molecule has 2 N–H and O–H groups in total. The Balaban J connectivity index is 0. The van der Waals surface area contributed by atoms with E-state index >= 15 is 0 Å². The summed E-state index contributed by atoms with van der Waals surface area (Å²) in [5.41, 5.74) is 0. The third-order valence-corrected chi connectivity index (χ3v) is 5.32. The summed E-state index contributed by atoms with van der Waals surface area (Å²) in [6, 6.07) is 0. The molecule has 0 aromatic carbocycles. The topological polar surface area (TPSA) is 97.7 Å². The summed E-state index contributed by atoms with van der Waals surface area (Å²) in [6.45, 7) is 3.63. The first-order valence-corrected chi connectivity index (χ1v) is 12.5. The second-order valence-corrected chi connectivity index (χ2v) is 9.75. The number of hydrogen-bond donors (Lipinski definition) is 2. The number of aliphatic hydroxyl groups is 1. The molecule has 1 atom stereocenters. The van der Waals surface area contributed by atoms with Crippen molar-refractivity contribution in [3.05, 3.63) is 0 Å². The van der Waals surface area contributed by atoms with Crippen molar-refractivity contribution in [2.75, 3.05) is 27.7 Å². The molecule has 0 saturated carbocycles. The number of rotatable bonds is 20. The van der Waals surface area contributed by atoms with Gasteiger partial charge in [0.1, 0.15) is 6.10 Å². The largest absolute Gasteiger partial charge is 0.547 e. The molecule has 0 heterocycles. The van der Waals surface area contributed by atoms with Gasteiger partial charge in [-0.05, 0) is 12.8 Å². The van der Waals surface area contributed by atoms with Gasteiger partial charge >= 0.3 is 5.97 Å².